The van der Waals surface area contributed by atoms with E-state index in [0.717, 1.165) is 5.56 Å². The molecule has 2 N–H and O–H groups in total. The molecule has 0 radical (unpaired) electrons. The molecule has 0 aliphatic heterocycles. The van der Waals surface area contributed by atoms with Crippen molar-refractivity contribution in [2.45, 2.75) is 25.2 Å². The van der Waals surface area contributed by atoms with Gasteiger partial charge >= 0.3 is 11.9 Å². The highest BCUT2D eigenvalue weighted by atomic mass is 16.4. The first-order valence-electron chi connectivity index (χ1n) is 5.11. The fourth-order valence-electron chi connectivity index (χ4n) is 1.58. The number of rotatable bonds is 6. The van der Waals surface area contributed by atoms with Crippen LogP contribution in [-0.4, -0.2) is 22.2 Å². The van der Waals surface area contributed by atoms with Crippen LogP contribution in [0.15, 0.2) is 30.3 Å². The molecule has 0 heterocycles. The smallest absolute Gasteiger partial charge is 0.310 e. The molecule has 4 nitrogen and oxygen atoms in total. The summed E-state index contributed by atoms with van der Waals surface area (Å²) >= 11 is 0. The van der Waals surface area contributed by atoms with Gasteiger partial charge < -0.3 is 10.2 Å². The maximum atomic E-state index is 11.0. The Morgan fingerprint density at radius 1 is 1.12 bits per heavy atom. The molecule has 0 aromatic heterocycles. The molecule has 0 saturated heterocycles. The van der Waals surface area contributed by atoms with E-state index in [2.05, 4.69) is 0 Å². The van der Waals surface area contributed by atoms with Gasteiger partial charge in [0.15, 0.2) is 0 Å². The molecular weight excluding hydrogens is 208 g/mol. The van der Waals surface area contributed by atoms with E-state index >= 15 is 0 Å². The lowest BCUT2D eigenvalue weighted by atomic mass is 9.94. The van der Waals surface area contributed by atoms with Crippen molar-refractivity contribution >= 4 is 11.9 Å². The van der Waals surface area contributed by atoms with E-state index in [1.54, 1.807) is 24.3 Å². The Bertz CT molecular complexity index is 359. The van der Waals surface area contributed by atoms with Gasteiger partial charge in [0, 0.05) is 6.42 Å². The fourth-order valence-corrected chi connectivity index (χ4v) is 1.58. The maximum absolute atomic E-state index is 11.0. The molecular formula is C12H14O4. The van der Waals surface area contributed by atoms with Crippen molar-refractivity contribution in [3.05, 3.63) is 35.9 Å². The summed E-state index contributed by atoms with van der Waals surface area (Å²) in [5.74, 6) is -2.41. The molecule has 1 aromatic carbocycles. The highest BCUT2D eigenvalue weighted by molar-refractivity contribution is 5.76. The van der Waals surface area contributed by atoms with Gasteiger partial charge in [-0.2, -0.15) is 0 Å². The third-order valence-corrected chi connectivity index (χ3v) is 2.38. The van der Waals surface area contributed by atoms with Gasteiger partial charge in [-0.05, 0) is 18.4 Å². The van der Waals surface area contributed by atoms with Crippen molar-refractivity contribution in [1.82, 2.24) is 0 Å². The van der Waals surface area contributed by atoms with E-state index in [-0.39, 0.29) is 6.42 Å². The number of hydrogen-bond donors (Lipinski definition) is 2. The highest BCUT2D eigenvalue weighted by Crippen LogP contribution is 2.22. The maximum Gasteiger partial charge on any atom is 0.310 e. The molecule has 0 aliphatic rings. The summed E-state index contributed by atoms with van der Waals surface area (Å²) in [6.45, 7) is 0. The summed E-state index contributed by atoms with van der Waals surface area (Å²) in [7, 11) is 0. The highest BCUT2D eigenvalue weighted by Gasteiger charge is 2.19. The van der Waals surface area contributed by atoms with Gasteiger partial charge in [0.2, 0.25) is 0 Å². The Balaban J connectivity index is 2.62. The van der Waals surface area contributed by atoms with Crippen LogP contribution in [0.5, 0.6) is 0 Å². The summed E-state index contributed by atoms with van der Waals surface area (Å²) in [6, 6.07) is 8.88. The third-order valence-electron chi connectivity index (χ3n) is 2.38. The van der Waals surface area contributed by atoms with Gasteiger partial charge in [-0.15, -0.1) is 0 Å². The van der Waals surface area contributed by atoms with Crippen LogP contribution >= 0.6 is 0 Å². The van der Waals surface area contributed by atoms with E-state index in [1.165, 1.54) is 0 Å². The van der Waals surface area contributed by atoms with Gasteiger partial charge in [0.1, 0.15) is 0 Å². The van der Waals surface area contributed by atoms with Crippen LogP contribution in [0.2, 0.25) is 0 Å². The molecule has 0 spiro atoms. The molecule has 0 bridgehead atoms. The zero-order chi connectivity index (χ0) is 12.0. The van der Waals surface area contributed by atoms with E-state index in [0.29, 0.717) is 12.8 Å². The van der Waals surface area contributed by atoms with Crippen molar-refractivity contribution in [1.29, 1.82) is 0 Å². The lowest BCUT2D eigenvalue weighted by Crippen LogP contribution is -2.12. The van der Waals surface area contributed by atoms with Crippen LogP contribution in [0.4, 0.5) is 0 Å². The molecule has 1 unspecified atom stereocenters. The van der Waals surface area contributed by atoms with E-state index in [1.807, 2.05) is 6.07 Å². The van der Waals surface area contributed by atoms with Crippen LogP contribution < -0.4 is 0 Å². The molecule has 0 aliphatic carbocycles. The largest absolute Gasteiger partial charge is 0.481 e. The van der Waals surface area contributed by atoms with Crippen LogP contribution in [-0.2, 0) is 9.59 Å². The predicted octanol–water partition coefficient (Wildman–Crippen LogP) is 2.11. The second-order valence-electron chi connectivity index (χ2n) is 3.59. The SMILES string of the molecule is O=C(O)CCCC(C(=O)O)c1ccccc1. The van der Waals surface area contributed by atoms with Gasteiger partial charge in [-0.1, -0.05) is 30.3 Å². The van der Waals surface area contributed by atoms with Gasteiger partial charge in [0.25, 0.3) is 0 Å². The Morgan fingerprint density at radius 3 is 2.25 bits per heavy atom. The third kappa shape index (κ3) is 3.73. The van der Waals surface area contributed by atoms with Crippen LogP contribution in [0.25, 0.3) is 0 Å². The van der Waals surface area contributed by atoms with Gasteiger partial charge in [0.05, 0.1) is 5.92 Å². The summed E-state index contributed by atoms with van der Waals surface area (Å²) in [4.78, 5) is 21.4. The average molecular weight is 222 g/mol. The number of carboxylic acid groups (broad SMARTS) is 2. The molecule has 1 rings (SSSR count). The Kier molecular flexibility index (Phi) is 4.51. The molecule has 16 heavy (non-hydrogen) atoms. The Morgan fingerprint density at radius 2 is 1.75 bits per heavy atom. The van der Waals surface area contributed by atoms with Gasteiger partial charge in [-0.25, -0.2) is 0 Å². The van der Waals surface area contributed by atoms with Crippen molar-refractivity contribution in [3.8, 4) is 0 Å². The topological polar surface area (TPSA) is 74.6 Å². The molecule has 1 aromatic rings. The number of aliphatic carboxylic acids is 2. The minimum absolute atomic E-state index is 0.0105. The zero-order valence-electron chi connectivity index (χ0n) is 8.80. The second-order valence-corrected chi connectivity index (χ2v) is 3.59. The summed E-state index contributed by atoms with van der Waals surface area (Å²) in [5.41, 5.74) is 0.723. The molecule has 4 heteroatoms. The first kappa shape index (κ1) is 12.2. The number of hydrogen-bond acceptors (Lipinski definition) is 2. The number of benzene rings is 1. The first-order chi connectivity index (χ1) is 7.61. The van der Waals surface area contributed by atoms with Crippen LogP contribution in [0, 0.1) is 0 Å². The average Bonchev–Trinajstić information content (AvgIpc) is 2.25. The number of carboxylic acids is 2. The second kappa shape index (κ2) is 5.90. The molecule has 0 fully saturated rings. The van der Waals surface area contributed by atoms with Crippen molar-refractivity contribution in [2.75, 3.05) is 0 Å². The zero-order valence-corrected chi connectivity index (χ0v) is 8.80. The Labute approximate surface area is 93.5 Å². The van der Waals surface area contributed by atoms with Gasteiger partial charge in [-0.3, -0.25) is 9.59 Å². The standard InChI is InChI=1S/C12H14O4/c13-11(14)8-4-7-10(12(15)16)9-5-2-1-3-6-9/h1-3,5-6,10H,4,7-8H2,(H,13,14)(H,15,16). The Hall–Kier alpha value is -1.84. The quantitative estimate of drug-likeness (QED) is 0.773. The van der Waals surface area contributed by atoms with Crippen molar-refractivity contribution in [3.63, 3.8) is 0 Å². The monoisotopic (exact) mass is 222 g/mol. The first-order valence-corrected chi connectivity index (χ1v) is 5.11. The van der Waals surface area contributed by atoms with Crippen LogP contribution in [0.3, 0.4) is 0 Å². The van der Waals surface area contributed by atoms with Crippen LogP contribution in [0.1, 0.15) is 30.7 Å². The van der Waals surface area contributed by atoms with Crippen molar-refractivity contribution in [2.24, 2.45) is 0 Å². The summed E-state index contributed by atoms with van der Waals surface area (Å²) < 4.78 is 0. The van der Waals surface area contributed by atoms with Crippen molar-refractivity contribution < 1.29 is 19.8 Å². The summed E-state index contributed by atoms with van der Waals surface area (Å²) in [5, 5.41) is 17.5. The van der Waals surface area contributed by atoms with E-state index in [9.17, 15) is 9.59 Å². The lowest BCUT2D eigenvalue weighted by Gasteiger charge is -2.11. The fraction of sp³-hybridized carbons (Fsp3) is 0.333. The molecule has 86 valence electrons. The van der Waals surface area contributed by atoms with E-state index in [4.69, 9.17) is 10.2 Å². The molecule has 0 amide bonds. The molecule has 0 saturated carbocycles. The lowest BCUT2D eigenvalue weighted by molar-refractivity contribution is -0.140. The predicted molar refractivity (Wildman–Crippen MR) is 58.3 cm³/mol. The normalized spacial score (nSPS) is 12.0. The summed E-state index contributed by atoms with van der Waals surface area (Å²) in [6.07, 6.45) is 0.740. The molecule has 1 atom stereocenters. The number of carbonyl (C=O) groups is 2. The minimum atomic E-state index is -0.906. The minimum Gasteiger partial charge on any atom is -0.481 e. The van der Waals surface area contributed by atoms with E-state index < -0.39 is 17.9 Å².